The molecule has 0 aliphatic heterocycles. The Morgan fingerprint density at radius 3 is 2.68 bits per heavy atom. The molecule has 100 valence electrons. The zero-order valence-corrected chi connectivity index (χ0v) is 11.0. The number of hydrogen-bond acceptors (Lipinski definition) is 3. The van der Waals surface area contributed by atoms with E-state index in [0.717, 1.165) is 5.56 Å². The fourth-order valence-electron chi connectivity index (χ4n) is 2.15. The smallest absolute Gasteiger partial charge is 0.127 e. The molecule has 19 heavy (non-hydrogen) atoms. The molecule has 0 aliphatic carbocycles. The zero-order valence-electron chi connectivity index (χ0n) is 11.0. The van der Waals surface area contributed by atoms with Gasteiger partial charge in [-0.3, -0.25) is 9.88 Å². The predicted molar refractivity (Wildman–Crippen MR) is 73.9 cm³/mol. The number of halogens is 1. The van der Waals surface area contributed by atoms with E-state index in [1.807, 2.05) is 30.1 Å². The quantitative estimate of drug-likeness (QED) is 0.896. The second-order valence-corrected chi connectivity index (χ2v) is 4.54. The second-order valence-electron chi connectivity index (χ2n) is 4.54. The number of benzene rings is 1. The fourth-order valence-corrected chi connectivity index (χ4v) is 2.15. The van der Waals surface area contributed by atoms with Gasteiger partial charge in [0.25, 0.3) is 0 Å². The maximum absolute atomic E-state index is 13.6. The summed E-state index contributed by atoms with van der Waals surface area (Å²) in [5.41, 5.74) is 7.55. The topological polar surface area (TPSA) is 42.1 Å². The third kappa shape index (κ3) is 3.36. The van der Waals surface area contributed by atoms with Crippen LogP contribution >= 0.6 is 0 Å². The highest BCUT2D eigenvalue weighted by molar-refractivity contribution is 5.19. The van der Waals surface area contributed by atoms with Crippen LogP contribution in [0.25, 0.3) is 0 Å². The molecule has 0 aliphatic rings. The summed E-state index contributed by atoms with van der Waals surface area (Å²) in [4.78, 5) is 6.14. The minimum absolute atomic E-state index is 0.0355. The van der Waals surface area contributed by atoms with Crippen molar-refractivity contribution in [3.05, 3.63) is 65.7 Å². The van der Waals surface area contributed by atoms with Gasteiger partial charge in [-0.2, -0.15) is 0 Å². The first-order valence-electron chi connectivity index (χ1n) is 6.26. The van der Waals surface area contributed by atoms with Gasteiger partial charge in [0.05, 0.1) is 0 Å². The maximum atomic E-state index is 13.6. The lowest BCUT2D eigenvalue weighted by atomic mass is 10.1. The van der Waals surface area contributed by atoms with E-state index in [2.05, 4.69) is 4.98 Å². The Hall–Kier alpha value is -1.78. The molecule has 0 saturated heterocycles. The number of likely N-dealkylation sites (N-methyl/N-ethyl adjacent to an activating group) is 1. The lowest BCUT2D eigenvalue weighted by Crippen LogP contribution is -2.30. The number of pyridine rings is 1. The van der Waals surface area contributed by atoms with Crippen LogP contribution in [0.1, 0.15) is 17.2 Å². The molecule has 1 unspecified atom stereocenters. The number of nitrogens with two attached hydrogens (primary N) is 1. The highest BCUT2D eigenvalue weighted by atomic mass is 19.1. The van der Waals surface area contributed by atoms with E-state index >= 15 is 0 Å². The molecule has 2 rings (SSSR count). The highest BCUT2D eigenvalue weighted by Crippen LogP contribution is 2.20. The second kappa shape index (κ2) is 6.41. The molecule has 2 aromatic rings. The van der Waals surface area contributed by atoms with E-state index in [1.54, 1.807) is 24.5 Å². The Morgan fingerprint density at radius 2 is 2.05 bits per heavy atom. The van der Waals surface area contributed by atoms with Gasteiger partial charge >= 0.3 is 0 Å². The Bertz CT molecular complexity index is 516. The van der Waals surface area contributed by atoms with Gasteiger partial charge in [-0.1, -0.05) is 24.3 Å². The van der Waals surface area contributed by atoms with Crippen LogP contribution in [-0.4, -0.2) is 23.5 Å². The first kappa shape index (κ1) is 13.6. The van der Waals surface area contributed by atoms with Gasteiger partial charge < -0.3 is 5.73 Å². The van der Waals surface area contributed by atoms with Gasteiger partial charge in [-0.05, 0) is 24.7 Å². The predicted octanol–water partition coefficient (Wildman–Crippen LogP) is 2.35. The lowest BCUT2D eigenvalue weighted by Gasteiger charge is -2.27. The summed E-state index contributed by atoms with van der Waals surface area (Å²) in [6.45, 7) is 0.986. The molecule has 0 radical (unpaired) electrons. The van der Waals surface area contributed by atoms with E-state index < -0.39 is 0 Å². The molecule has 0 amide bonds. The van der Waals surface area contributed by atoms with Crippen molar-refractivity contribution < 1.29 is 4.39 Å². The largest absolute Gasteiger partial charge is 0.329 e. The summed E-state index contributed by atoms with van der Waals surface area (Å²) in [5, 5.41) is 0. The number of aromatic nitrogens is 1. The van der Waals surface area contributed by atoms with Crippen LogP contribution < -0.4 is 5.73 Å². The third-order valence-electron chi connectivity index (χ3n) is 3.20. The SMILES string of the molecule is CN(Cc1ccccc1F)C(CN)c1cccnc1. The standard InChI is InChI=1S/C15H18FN3/c1-19(11-13-5-2-3-7-14(13)16)15(9-17)12-6-4-8-18-10-12/h2-8,10,15H,9,11,17H2,1H3. The van der Waals surface area contributed by atoms with Gasteiger partial charge in [0.15, 0.2) is 0 Å². The summed E-state index contributed by atoms with van der Waals surface area (Å²) in [5.74, 6) is -0.184. The Balaban J connectivity index is 2.14. The van der Waals surface area contributed by atoms with Gasteiger partial charge in [-0.25, -0.2) is 4.39 Å². The fraction of sp³-hybridized carbons (Fsp3) is 0.267. The Kier molecular flexibility index (Phi) is 4.60. The molecule has 0 fully saturated rings. The third-order valence-corrected chi connectivity index (χ3v) is 3.20. The molecule has 1 atom stereocenters. The van der Waals surface area contributed by atoms with Crippen LogP contribution in [0, 0.1) is 5.82 Å². The van der Waals surface area contributed by atoms with Gasteiger partial charge in [0.2, 0.25) is 0 Å². The van der Waals surface area contributed by atoms with E-state index in [4.69, 9.17) is 5.73 Å². The van der Waals surface area contributed by atoms with Crippen LogP contribution in [0.5, 0.6) is 0 Å². The summed E-state index contributed by atoms with van der Waals surface area (Å²) in [6, 6.07) is 10.7. The van der Waals surface area contributed by atoms with Gasteiger partial charge in [-0.15, -0.1) is 0 Å². The maximum Gasteiger partial charge on any atom is 0.127 e. The molecule has 0 bridgehead atoms. The van der Waals surface area contributed by atoms with Crippen molar-refractivity contribution in [3.8, 4) is 0 Å². The van der Waals surface area contributed by atoms with Crippen molar-refractivity contribution in [2.45, 2.75) is 12.6 Å². The normalized spacial score (nSPS) is 12.6. The van der Waals surface area contributed by atoms with Crippen molar-refractivity contribution >= 4 is 0 Å². The molecular weight excluding hydrogens is 241 g/mol. The highest BCUT2D eigenvalue weighted by Gasteiger charge is 2.16. The Morgan fingerprint density at radius 1 is 1.26 bits per heavy atom. The van der Waals surface area contributed by atoms with Crippen molar-refractivity contribution in [2.24, 2.45) is 5.73 Å². The summed E-state index contributed by atoms with van der Waals surface area (Å²) in [6.07, 6.45) is 3.53. The van der Waals surface area contributed by atoms with Crippen LogP contribution in [0.3, 0.4) is 0 Å². The average molecular weight is 259 g/mol. The molecule has 2 N–H and O–H groups in total. The van der Waals surface area contributed by atoms with Gasteiger partial charge in [0, 0.05) is 37.1 Å². The molecule has 0 saturated carbocycles. The van der Waals surface area contributed by atoms with Crippen molar-refractivity contribution in [2.75, 3.05) is 13.6 Å². The molecule has 4 heteroatoms. The van der Waals surface area contributed by atoms with Crippen molar-refractivity contribution in [1.82, 2.24) is 9.88 Å². The first-order chi connectivity index (χ1) is 9.22. The van der Waals surface area contributed by atoms with Crippen LogP contribution in [0.4, 0.5) is 4.39 Å². The monoisotopic (exact) mass is 259 g/mol. The Labute approximate surface area is 112 Å². The summed E-state index contributed by atoms with van der Waals surface area (Å²) >= 11 is 0. The minimum atomic E-state index is -0.184. The van der Waals surface area contributed by atoms with Crippen molar-refractivity contribution in [1.29, 1.82) is 0 Å². The number of nitrogens with zero attached hydrogens (tertiary/aromatic N) is 2. The van der Waals surface area contributed by atoms with Crippen LogP contribution in [0.2, 0.25) is 0 Å². The zero-order chi connectivity index (χ0) is 13.7. The lowest BCUT2D eigenvalue weighted by molar-refractivity contribution is 0.238. The molecule has 1 aromatic heterocycles. The van der Waals surface area contributed by atoms with E-state index in [0.29, 0.717) is 18.7 Å². The minimum Gasteiger partial charge on any atom is -0.329 e. The van der Waals surface area contributed by atoms with E-state index in [1.165, 1.54) is 6.07 Å². The summed E-state index contributed by atoms with van der Waals surface area (Å²) in [7, 11) is 1.94. The molecule has 0 spiro atoms. The number of hydrogen-bond donors (Lipinski definition) is 1. The molecule has 3 nitrogen and oxygen atoms in total. The van der Waals surface area contributed by atoms with Crippen LogP contribution in [0.15, 0.2) is 48.8 Å². The van der Waals surface area contributed by atoms with Crippen LogP contribution in [-0.2, 0) is 6.54 Å². The molecule has 1 aromatic carbocycles. The van der Waals surface area contributed by atoms with E-state index in [-0.39, 0.29) is 11.9 Å². The van der Waals surface area contributed by atoms with Gasteiger partial charge in [0.1, 0.15) is 5.82 Å². The summed E-state index contributed by atoms with van der Waals surface area (Å²) < 4.78 is 13.6. The average Bonchev–Trinajstić information content (AvgIpc) is 2.43. The molecular formula is C15H18FN3. The van der Waals surface area contributed by atoms with E-state index in [9.17, 15) is 4.39 Å². The first-order valence-corrected chi connectivity index (χ1v) is 6.26. The van der Waals surface area contributed by atoms with Crippen molar-refractivity contribution in [3.63, 3.8) is 0 Å². The molecule has 1 heterocycles. The number of rotatable bonds is 5.